The van der Waals surface area contributed by atoms with Crippen LogP contribution < -0.4 is 5.69 Å². The fraction of sp³-hybridized carbons (Fsp3) is 0.720. The van der Waals surface area contributed by atoms with E-state index in [9.17, 15) is 15.0 Å². The normalized spacial score (nSPS) is 29.7. The van der Waals surface area contributed by atoms with Crippen LogP contribution in [0.25, 0.3) is 11.0 Å². The second kappa shape index (κ2) is 8.05. The maximum Gasteiger partial charge on any atom is 0.329 e. The lowest BCUT2D eigenvalue weighted by Crippen LogP contribution is -2.44. The number of nitrogens with zero attached hydrogens (tertiary/aromatic N) is 3. The zero-order valence-electron chi connectivity index (χ0n) is 18.9. The Labute approximate surface area is 184 Å². The predicted molar refractivity (Wildman–Crippen MR) is 122 cm³/mol. The summed E-state index contributed by atoms with van der Waals surface area (Å²) in [7, 11) is 0. The van der Waals surface area contributed by atoms with Gasteiger partial charge in [-0.2, -0.15) is 0 Å². The van der Waals surface area contributed by atoms with Crippen LogP contribution in [0.1, 0.15) is 52.0 Å². The summed E-state index contributed by atoms with van der Waals surface area (Å²) in [5.41, 5.74) is 2.18. The standard InChI is InChI=1S/C25H37N3O3/c1-25(2)18-8-7-17(13-18)21(25)15-26-11-9-19(10-12-26)28-23-6-4-3-5-22(23)27(24(28)31)14-20(30)16-29/h3-6,17-21,29-30H,7-16H2,1-2H3/t17-,18+,20+,21-/m0/s1. The van der Waals surface area contributed by atoms with Crippen LogP contribution in [0, 0.1) is 23.2 Å². The van der Waals surface area contributed by atoms with Crippen LogP contribution >= 0.6 is 0 Å². The van der Waals surface area contributed by atoms with Crippen molar-refractivity contribution in [3.8, 4) is 0 Å². The third kappa shape index (κ3) is 3.57. The van der Waals surface area contributed by atoms with Gasteiger partial charge in [0, 0.05) is 25.7 Å². The summed E-state index contributed by atoms with van der Waals surface area (Å²) in [6.07, 6.45) is 5.32. The highest BCUT2D eigenvalue weighted by Crippen LogP contribution is 2.59. The summed E-state index contributed by atoms with van der Waals surface area (Å²) in [6.45, 7) is 8.05. The van der Waals surface area contributed by atoms with Gasteiger partial charge in [0.2, 0.25) is 0 Å². The Morgan fingerprint density at radius 1 is 1.10 bits per heavy atom. The molecule has 0 unspecified atom stereocenters. The molecule has 3 fully saturated rings. The minimum absolute atomic E-state index is 0.0682. The molecule has 31 heavy (non-hydrogen) atoms. The Hall–Kier alpha value is -1.63. The Morgan fingerprint density at radius 3 is 2.45 bits per heavy atom. The van der Waals surface area contributed by atoms with Gasteiger partial charge in [-0.15, -0.1) is 0 Å². The first-order valence-electron chi connectivity index (χ1n) is 12.1. The fourth-order valence-electron chi connectivity index (χ4n) is 7.02. The predicted octanol–water partition coefficient (Wildman–Crippen LogP) is 2.87. The lowest BCUT2D eigenvalue weighted by Gasteiger charge is -2.42. The summed E-state index contributed by atoms with van der Waals surface area (Å²) in [6, 6.07) is 8.02. The van der Waals surface area contributed by atoms with Gasteiger partial charge in [-0.1, -0.05) is 26.0 Å². The van der Waals surface area contributed by atoms with E-state index >= 15 is 0 Å². The van der Waals surface area contributed by atoms with E-state index in [1.807, 2.05) is 28.8 Å². The van der Waals surface area contributed by atoms with Gasteiger partial charge in [-0.05, 0) is 67.4 Å². The van der Waals surface area contributed by atoms with Gasteiger partial charge in [0.25, 0.3) is 0 Å². The molecule has 0 spiro atoms. The molecule has 6 nitrogen and oxygen atoms in total. The summed E-state index contributed by atoms with van der Waals surface area (Å²) in [5, 5.41) is 19.2. The number of imidazole rings is 1. The molecule has 0 radical (unpaired) electrons. The molecule has 6 heteroatoms. The molecular weight excluding hydrogens is 390 g/mol. The summed E-state index contributed by atoms with van der Waals surface area (Å²) >= 11 is 0. The minimum atomic E-state index is -0.927. The van der Waals surface area contributed by atoms with Gasteiger partial charge in [-0.25, -0.2) is 4.79 Å². The van der Waals surface area contributed by atoms with E-state index in [-0.39, 0.29) is 24.9 Å². The van der Waals surface area contributed by atoms with Crippen LogP contribution in [-0.2, 0) is 6.54 Å². The summed E-state index contributed by atoms with van der Waals surface area (Å²) in [5.74, 6) is 2.64. The molecule has 1 aromatic heterocycles. The second-order valence-corrected chi connectivity index (χ2v) is 10.8. The Balaban J connectivity index is 1.32. The van der Waals surface area contributed by atoms with E-state index in [1.54, 1.807) is 4.57 Å². The maximum atomic E-state index is 13.3. The smallest absolute Gasteiger partial charge is 0.329 e. The van der Waals surface area contributed by atoms with Gasteiger partial charge < -0.3 is 15.1 Å². The number of rotatable bonds is 6. The molecule has 1 aliphatic heterocycles. The highest BCUT2D eigenvalue weighted by molar-refractivity contribution is 5.76. The summed E-state index contributed by atoms with van der Waals surface area (Å²) < 4.78 is 3.57. The molecule has 3 aliphatic rings. The molecule has 170 valence electrons. The van der Waals surface area contributed by atoms with Gasteiger partial charge in [-0.3, -0.25) is 9.13 Å². The van der Waals surface area contributed by atoms with Crippen molar-refractivity contribution in [3.63, 3.8) is 0 Å². The van der Waals surface area contributed by atoms with Gasteiger partial charge in [0.15, 0.2) is 0 Å². The lowest BCUT2D eigenvalue weighted by atomic mass is 9.68. The lowest BCUT2D eigenvalue weighted by molar-refractivity contribution is 0.0643. The van der Waals surface area contributed by atoms with E-state index in [4.69, 9.17) is 0 Å². The second-order valence-electron chi connectivity index (χ2n) is 10.8. The molecule has 0 amide bonds. The van der Waals surface area contributed by atoms with Gasteiger partial charge >= 0.3 is 5.69 Å². The number of hydrogen-bond acceptors (Lipinski definition) is 4. The molecule has 2 heterocycles. The Kier molecular flexibility index (Phi) is 5.51. The highest BCUT2D eigenvalue weighted by Gasteiger charge is 2.52. The molecule has 1 saturated heterocycles. The largest absolute Gasteiger partial charge is 0.394 e. The van der Waals surface area contributed by atoms with E-state index in [2.05, 4.69) is 18.7 Å². The number of aromatic nitrogens is 2. The Bertz CT molecular complexity index is 986. The Morgan fingerprint density at radius 2 is 1.81 bits per heavy atom. The van der Waals surface area contributed by atoms with E-state index in [0.29, 0.717) is 5.41 Å². The molecular formula is C25H37N3O3. The van der Waals surface area contributed by atoms with Crippen molar-refractivity contribution >= 4 is 11.0 Å². The molecule has 2 bridgehead atoms. The molecule has 5 rings (SSSR count). The third-order valence-electron chi connectivity index (χ3n) is 8.90. The number of likely N-dealkylation sites (tertiary alicyclic amines) is 1. The first kappa shape index (κ1) is 21.2. The number of fused-ring (bicyclic) bond motifs is 3. The van der Waals surface area contributed by atoms with Crippen molar-refractivity contribution in [2.45, 2.75) is 64.6 Å². The first-order valence-corrected chi connectivity index (χ1v) is 12.1. The number of aliphatic hydroxyl groups is 2. The van der Waals surface area contributed by atoms with Crippen LogP contribution in [0.4, 0.5) is 0 Å². The topological polar surface area (TPSA) is 70.6 Å². The molecule has 1 aromatic carbocycles. The number of para-hydroxylation sites is 2. The number of benzene rings is 1. The van der Waals surface area contributed by atoms with E-state index in [1.165, 1.54) is 25.8 Å². The van der Waals surface area contributed by atoms with Crippen molar-refractivity contribution in [3.05, 3.63) is 34.7 Å². The minimum Gasteiger partial charge on any atom is -0.394 e. The van der Waals surface area contributed by atoms with Crippen LogP contribution in [0.3, 0.4) is 0 Å². The number of hydrogen-bond donors (Lipinski definition) is 2. The van der Waals surface area contributed by atoms with Crippen LogP contribution in [0.15, 0.2) is 29.1 Å². The molecule has 2 aliphatic carbocycles. The van der Waals surface area contributed by atoms with Crippen molar-refractivity contribution in [1.29, 1.82) is 0 Å². The number of aliphatic hydroxyl groups excluding tert-OH is 2. The van der Waals surface area contributed by atoms with E-state index < -0.39 is 6.10 Å². The van der Waals surface area contributed by atoms with Crippen LogP contribution in [0.5, 0.6) is 0 Å². The van der Waals surface area contributed by atoms with Crippen molar-refractivity contribution < 1.29 is 10.2 Å². The first-order chi connectivity index (χ1) is 14.9. The van der Waals surface area contributed by atoms with Crippen molar-refractivity contribution in [2.75, 3.05) is 26.2 Å². The molecule has 2 N–H and O–H groups in total. The SMILES string of the molecule is CC1(C)[C@@H]2CC[C@@H](C2)[C@@H]1CN1CCC(n2c(=O)n(C[C@@H](O)CO)c3ccccc32)CC1. The zero-order chi connectivity index (χ0) is 21.8. The van der Waals surface area contributed by atoms with Crippen molar-refractivity contribution in [1.82, 2.24) is 14.0 Å². The third-order valence-corrected chi connectivity index (χ3v) is 8.90. The van der Waals surface area contributed by atoms with Crippen molar-refractivity contribution in [2.24, 2.45) is 23.2 Å². The van der Waals surface area contributed by atoms with Gasteiger partial charge in [0.05, 0.1) is 30.3 Å². The fourth-order valence-corrected chi connectivity index (χ4v) is 7.02. The van der Waals surface area contributed by atoms with Crippen LogP contribution in [-0.4, -0.2) is 56.6 Å². The maximum absolute atomic E-state index is 13.3. The molecule has 2 saturated carbocycles. The van der Waals surface area contributed by atoms with Gasteiger partial charge in [0.1, 0.15) is 0 Å². The molecule has 2 aromatic rings. The average molecular weight is 428 g/mol. The highest BCUT2D eigenvalue weighted by atomic mass is 16.3. The van der Waals surface area contributed by atoms with Crippen LogP contribution in [0.2, 0.25) is 0 Å². The summed E-state index contributed by atoms with van der Waals surface area (Å²) in [4.78, 5) is 15.9. The monoisotopic (exact) mass is 427 g/mol. The zero-order valence-corrected chi connectivity index (χ0v) is 18.9. The average Bonchev–Trinajstić information content (AvgIpc) is 3.42. The van der Waals surface area contributed by atoms with E-state index in [0.717, 1.165) is 54.7 Å². The quantitative estimate of drug-likeness (QED) is 0.744. The molecule has 4 atom stereocenters. The number of piperidine rings is 1.